The summed E-state index contributed by atoms with van der Waals surface area (Å²) >= 11 is 0. The van der Waals surface area contributed by atoms with Crippen molar-refractivity contribution in [2.24, 2.45) is 5.73 Å². The molecule has 3 aromatic heterocycles. The number of methoxy groups -OCH3 is 1. The fourth-order valence-electron chi connectivity index (χ4n) is 3.99. The maximum absolute atomic E-state index is 13.2. The molecule has 4 rings (SSSR count). The predicted octanol–water partition coefficient (Wildman–Crippen LogP) is 4.35. The zero-order valence-corrected chi connectivity index (χ0v) is 19.1. The normalized spacial score (nSPS) is 16.4. The fraction of sp³-hybridized carbons (Fsp3) is 0.333. The van der Waals surface area contributed by atoms with Crippen molar-refractivity contribution in [3.8, 4) is 0 Å². The van der Waals surface area contributed by atoms with Crippen LogP contribution in [0.4, 0.5) is 13.2 Å². The first-order valence-corrected chi connectivity index (χ1v) is 11.0. The molecule has 0 fully saturated rings. The van der Waals surface area contributed by atoms with Crippen molar-refractivity contribution in [3.63, 3.8) is 0 Å². The Hall–Kier alpha value is -3.57. The van der Waals surface area contributed by atoms with E-state index in [1.165, 1.54) is 13.2 Å². The number of ether oxygens (including phenoxy) is 1. The lowest BCUT2D eigenvalue weighted by molar-refractivity contribution is -0.141. The molecule has 184 valence electrons. The van der Waals surface area contributed by atoms with E-state index >= 15 is 0 Å². The maximum Gasteiger partial charge on any atom is 0.433 e. The predicted molar refractivity (Wildman–Crippen MR) is 120 cm³/mol. The number of fused-ring (bicyclic) bond motifs is 1. The van der Waals surface area contributed by atoms with Crippen molar-refractivity contribution in [3.05, 3.63) is 82.6 Å². The van der Waals surface area contributed by atoms with Crippen molar-refractivity contribution in [2.45, 2.75) is 44.6 Å². The number of alkyl halides is 3. The van der Waals surface area contributed by atoms with Crippen LogP contribution in [0.15, 0.2) is 47.2 Å². The molecule has 3 N–H and O–H groups in total. The topological polar surface area (TPSA) is 116 Å². The molecule has 0 spiro atoms. The second kappa shape index (κ2) is 9.96. The van der Waals surface area contributed by atoms with E-state index in [1.807, 2.05) is 19.1 Å². The molecule has 0 aliphatic heterocycles. The molecule has 0 aromatic carbocycles. The summed E-state index contributed by atoms with van der Waals surface area (Å²) in [4.78, 5) is 25.3. The molecule has 1 amide bonds. The molecule has 0 saturated heterocycles. The summed E-state index contributed by atoms with van der Waals surface area (Å²) in [6.45, 7) is 1.84. The van der Waals surface area contributed by atoms with Crippen LogP contribution in [-0.4, -0.2) is 28.0 Å². The summed E-state index contributed by atoms with van der Waals surface area (Å²) in [5.41, 5.74) is 6.63. The lowest BCUT2D eigenvalue weighted by Gasteiger charge is -2.23. The Kier molecular flexibility index (Phi) is 6.99. The fourth-order valence-corrected chi connectivity index (χ4v) is 3.99. The number of aromatic nitrogens is 3. The number of rotatable bonds is 7. The summed E-state index contributed by atoms with van der Waals surface area (Å²) in [6.07, 6.45) is 0.654. The molecule has 3 aromatic rings. The molecule has 35 heavy (non-hydrogen) atoms. The number of nitrogens with zero attached hydrogens (tertiary/aromatic N) is 3. The van der Waals surface area contributed by atoms with Gasteiger partial charge in [0.05, 0.1) is 18.3 Å². The number of nitrogens with one attached hydrogen (secondary N) is 1. The third-order valence-corrected chi connectivity index (χ3v) is 5.78. The molecular weight excluding hydrogens is 463 g/mol. The van der Waals surface area contributed by atoms with Crippen LogP contribution in [0.5, 0.6) is 0 Å². The van der Waals surface area contributed by atoms with Gasteiger partial charge in [0.1, 0.15) is 11.8 Å². The summed E-state index contributed by atoms with van der Waals surface area (Å²) in [5.74, 6) is -0.232. The van der Waals surface area contributed by atoms with Gasteiger partial charge < -0.3 is 20.2 Å². The molecule has 1 aliphatic carbocycles. The monoisotopic (exact) mass is 487 g/mol. The van der Waals surface area contributed by atoms with Gasteiger partial charge in [-0.15, -0.1) is 0 Å². The van der Waals surface area contributed by atoms with Gasteiger partial charge in [-0.3, -0.25) is 9.78 Å². The van der Waals surface area contributed by atoms with Crippen LogP contribution in [0.3, 0.4) is 0 Å². The summed E-state index contributed by atoms with van der Waals surface area (Å²) in [7, 11) is 1.41. The average molecular weight is 487 g/mol. The second-order valence-electron chi connectivity index (χ2n) is 7.91. The van der Waals surface area contributed by atoms with Gasteiger partial charge in [0.15, 0.2) is 11.5 Å². The number of nitrogens with two attached hydrogens (primary N) is 1. The Labute approximate surface area is 199 Å². The van der Waals surface area contributed by atoms with Crippen LogP contribution < -0.4 is 11.1 Å². The number of halogens is 3. The van der Waals surface area contributed by atoms with Crippen LogP contribution in [0.1, 0.15) is 76.6 Å². The molecule has 8 nitrogen and oxygen atoms in total. The smallest absolute Gasteiger partial charge is 0.433 e. The number of amides is 1. The number of carbonyl (C=O) groups is 1. The molecule has 0 saturated carbocycles. The molecule has 1 aliphatic rings. The molecular formula is C24H24F3N5O3. The Bertz CT molecular complexity index is 1240. The minimum absolute atomic E-state index is 0.0196. The molecule has 0 bridgehead atoms. The number of oxazole rings is 1. The Balaban J connectivity index is 1.68. The van der Waals surface area contributed by atoms with E-state index in [9.17, 15) is 18.0 Å². The summed E-state index contributed by atoms with van der Waals surface area (Å²) in [5, 5.41) is 2.93. The van der Waals surface area contributed by atoms with Gasteiger partial charge in [-0.2, -0.15) is 13.2 Å². The highest BCUT2D eigenvalue weighted by Crippen LogP contribution is 2.39. The third kappa shape index (κ3) is 4.96. The minimum Gasteiger partial charge on any atom is -0.439 e. The van der Waals surface area contributed by atoms with Crippen LogP contribution in [0.25, 0.3) is 5.57 Å². The molecule has 2 unspecified atom stereocenters. The first-order valence-electron chi connectivity index (χ1n) is 11.0. The van der Waals surface area contributed by atoms with Crippen molar-refractivity contribution in [2.75, 3.05) is 7.11 Å². The van der Waals surface area contributed by atoms with Crippen LogP contribution in [0.2, 0.25) is 0 Å². The standard InChI is InChI=1S/C24H24F3N5O3/c1-3-16(13-8-10-29-11-9-13)30-22(33)21-18(12-28)35-23(32-21)15-4-6-17(34-2)20-14(15)5-7-19(31-20)24(25,26)27/h4-5,7-11,16-17H,3,6,12,28H2,1-2H3,(H,30,33). The lowest BCUT2D eigenvalue weighted by Crippen LogP contribution is -2.29. The van der Waals surface area contributed by atoms with Gasteiger partial charge >= 0.3 is 6.18 Å². The first kappa shape index (κ1) is 24.6. The summed E-state index contributed by atoms with van der Waals surface area (Å²) in [6, 6.07) is 5.55. The average Bonchev–Trinajstić information content (AvgIpc) is 3.30. The molecule has 11 heteroatoms. The Morgan fingerprint density at radius 3 is 2.63 bits per heavy atom. The van der Waals surface area contributed by atoms with Crippen LogP contribution in [0, 0.1) is 0 Å². The molecule has 3 heterocycles. The van der Waals surface area contributed by atoms with Crippen LogP contribution in [-0.2, 0) is 17.5 Å². The van der Waals surface area contributed by atoms with Crippen molar-refractivity contribution < 1.29 is 27.1 Å². The Morgan fingerprint density at radius 2 is 2.00 bits per heavy atom. The number of hydrogen-bond acceptors (Lipinski definition) is 7. The van der Waals surface area contributed by atoms with Gasteiger partial charge in [-0.25, -0.2) is 9.97 Å². The van der Waals surface area contributed by atoms with Crippen molar-refractivity contribution >= 4 is 11.5 Å². The number of carbonyl (C=O) groups excluding carboxylic acids is 1. The zero-order valence-electron chi connectivity index (χ0n) is 19.1. The second-order valence-corrected chi connectivity index (χ2v) is 7.91. The Morgan fingerprint density at radius 1 is 1.26 bits per heavy atom. The highest BCUT2D eigenvalue weighted by molar-refractivity contribution is 5.94. The van der Waals surface area contributed by atoms with Gasteiger partial charge in [-0.05, 0) is 36.6 Å². The third-order valence-electron chi connectivity index (χ3n) is 5.78. The maximum atomic E-state index is 13.2. The summed E-state index contributed by atoms with van der Waals surface area (Å²) < 4.78 is 50.9. The largest absolute Gasteiger partial charge is 0.439 e. The number of hydrogen-bond donors (Lipinski definition) is 2. The molecule has 0 radical (unpaired) electrons. The molecule has 2 atom stereocenters. The minimum atomic E-state index is -4.60. The van der Waals surface area contributed by atoms with E-state index in [-0.39, 0.29) is 42.0 Å². The van der Waals surface area contributed by atoms with E-state index in [1.54, 1.807) is 18.5 Å². The van der Waals surface area contributed by atoms with Crippen molar-refractivity contribution in [1.29, 1.82) is 0 Å². The van der Waals surface area contributed by atoms with Crippen molar-refractivity contribution in [1.82, 2.24) is 20.3 Å². The zero-order chi connectivity index (χ0) is 25.2. The first-order chi connectivity index (χ1) is 16.8. The van der Waals surface area contributed by atoms with Gasteiger partial charge in [0.2, 0.25) is 5.89 Å². The SMILES string of the molecule is CCC(NC(=O)c1nc(C2=CCC(OC)c3nc(C(F)(F)F)ccc32)oc1CN)c1ccncc1. The van der Waals surface area contributed by atoms with E-state index in [4.69, 9.17) is 14.9 Å². The van der Waals surface area contributed by atoms with E-state index in [0.29, 0.717) is 17.6 Å². The highest BCUT2D eigenvalue weighted by Gasteiger charge is 2.36. The van der Waals surface area contributed by atoms with E-state index in [2.05, 4.69) is 20.3 Å². The number of pyridine rings is 2. The van der Waals surface area contributed by atoms with Crippen LogP contribution >= 0.6 is 0 Å². The highest BCUT2D eigenvalue weighted by atomic mass is 19.4. The van der Waals surface area contributed by atoms with E-state index < -0.39 is 23.9 Å². The van der Waals surface area contributed by atoms with E-state index in [0.717, 1.165) is 11.6 Å². The van der Waals surface area contributed by atoms with Gasteiger partial charge in [0, 0.05) is 30.6 Å². The van der Waals surface area contributed by atoms with Gasteiger partial charge in [0.25, 0.3) is 5.91 Å². The lowest BCUT2D eigenvalue weighted by atomic mass is 9.92. The van der Waals surface area contributed by atoms with Gasteiger partial charge in [-0.1, -0.05) is 19.1 Å². The quantitative estimate of drug-likeness (QED) is 0.509.